The first-order valence-electron chi connectivity index (χ1n) is 5.96. The largest absolute Gasteiger partial charge is 0.373 e. The van der Waals surface area contributed by atoms with Crippen LogP contribution in [0.4, 0.5) is 0 Å². The topological polar surface area (TPSA) is 29.5 Å². The molecule has 0 aliphatic carbocycles. The maximum Gasteiger partial charge on any atom is 0.255 e. The number of ether oxygens (including phenoxy) is 1. The number of amides is 1. The lowest BCUT2D eigenvalue weighted by Gasteiger charge is -2.37. The molecule has 1 saturated heterocycles. The molecule has 0 spiro atoms. The van der Waals surface area contributed by atoms with E-state index in [1.54, 1.807) is 12.1 Å². The Bertz CT molecular complexity index is 484. The Morgan fingerprint density at radius 3 is 3.00 bits per heavy atom. The van der Waals surface area contributed by atoms with E-state index in [1.807, 2.05) is 17.9 Å². The molecule has 19 heavy (non-hydrogen) atoms. The van der Waals surface area contributed by atoms with Gasteiger partial charge in [0.15, 0.2) is 0 Å². The number of alkyl halides is 1. The molecule has 1 aliphatic rings. The van der Waals surface area contributed by atoms with E-state index in [-0.39, 0.29) is 18.1 Å². The molecule has 0 N–H and O–H groups in total. The van der Waals surface area contributed by atoms with Crippen LogP contribution in [0.25, 0.3) is 0 Å². The van der Waals surface area contributed by atoms with E-state index in [0.717, 1.165) is 3.57 Å². The van der Waals surface area contributed by atoms with Crippen LogP contribution in [-0.4, -0.2) is 42.0 Å². The summed E-state index contributed by atoms with van der Waals surface area (Å²) in [6, 6.07) is 5.38. The van der Waals surface area contributed by atoms with Gasteiger partial charge in [-0.2, -0.15) is 0 Å². The molecule has 6 heteroatoms. The van der Waals surface area contributed by atoms with Gasteiger partial charge in [0.2, 0.25) is 0 Å². The predicted molar refractivity (Wildman–Crippen MR) is 85.1 cm³/mol. The van der Waals surface area contributed by atoms with Crippen molar-refractivity contribution in [2.24, 2.45) is 0 Å². The van der Waals surface area contributed by atoms with Crippen LogP contribution in [0.2, 0.25) is 5.02 Å². The lowest BCUT2D eigenvalue weighted by atomic mass is 10.1. The minimum atomic E-state index is -0.0985. The smallest absolute Gasteiger partial charge is 0.255 e. The van der Waals surface area contributed by atoms with Gasteiger partial charge in [0, 0.05) is 15.1 Å². The molecule has 0 saturated carbocycles. The second-order valence-electron chi connectivity index (χ2n) is 4.54. The molecule has 1 amide bonds. The monoisotopic (exact) mass is 413 g/mol. The van der Waals surface area contributed by atoms with Crippen LogP contribution in [0.5, 0.6) is 0 Å². The highest BCUT2D eigenvalue weighted by atomic mass is 127. The summed E-state index contributed by atoms with van der Waals surface area (Å²) < 4.78 is 6.45. The fourth-order valence-corrected chi connectivity index (χ4v) is 2.93. The van der Waals surface area contributed by atoms with E-state index in [4.69, 9.17) is 27.9 Å². The molecular formula is C13H14Cl2INO2. The third-order valence-corrected chi connectivity index (χ3v) is 4.62. The summed E-state index contributed by atoms with van der Waals surface area (Å²) in [5, 5.41) is 0.568. The fourth-order valence-electron chi connectivity index (χ4n) is 2.01. The van der Waals surface area contributed by atoms with Crippen LogP contribution in [0, 0.1) is 3.57 Å². The van der Waals surface area contributed by atoms with Gasteiger partial charge in [0.25, 0.3) is 5.91 Å². The highest BCUT2D eigenvalue weighted by Gasteiger charge is 2.30. The zero-order valence-corrected chi connectivity index (χ0v) is 14.1. The summed E-state index contributed by atoms with van der Waals surface area (Å²) in [7, 11) is 0. The average Bonchev–Trinajstić information content (AvgIpc) is 2.41. The number of morpholine rings is 1. The summed E-state index contributed by atoms with van der Waals surface area (Å²) in [6.07, 6.45) is -0.0985. The van der Waals surface area contributed by atoms with Gasteiger partial charge < -0.3 is 9.64 Å². The maximum absolute atomic E-state index is 12.6. The number of carbonyl (C=O) groups excluding carboxylic acids is 1. The quantitative estimate of drug-likeness (QED) is 0.549. The van der Waals surface area contributed by atoms with Gasteiger partial charge in [-0.3, -0.25) is 4.79 Å². The molecule has 0 bridgehead atoms. The highest BCUT2D eigenvalue weighted by molar-refractivity contribution is 14.1. The Kier molecular flexibility index (Phi) is 5.34. The number of rotatable bonds is 2. The van der Waals surface area contributed by atoms with Gasteiger partial charge in [-0.15, -0.1) is 11.6 Å². The normalized spacial score (nSPS) is 23.5. The van der Waals surface area contributed by atoms with Crippen LogP contribution < -0.4 is 0 Å². The fraction of sp³-hybridized carbons (Fsp3) is 0.462. The Balaban J connectivity index is 2.24. The summed E-state index contributed by atoms with van der Waals surface area (Å²) >= 11 is 13.9. The van der Waals surface area contributed by atoms with E-state index in [9.17, 15) is 4.79 Å². The molecule has 1 aromatic carbocycles. The number of nitrogens with zero attached hydrogens (tertiary/aromatic N) is 1. The van der Waals surface area contributed by atoms with Crippen molar-refractivity contribution in [3.05, 3.63) is 32.4 Å². The number of halogens is 3. The van der Waals surface area contributed by atoms with Crippen LogP contribution in [-0.2, 0) is 4.74 Å². The predicted octanol–water partition coefficient (Wildman–Crippen LogP) is 3.41. The van der Waals surface area contributed by atoms with Gasteiger partial charge in [-0.1, -0.05) is 11.6 Å². The number of carbonyl (C=O) groups is 1. The third-order valence-electron chi connectivity index (χ3n) is 3.10. The number of hydrogen-bond acceptors (Lipinski definition) is 2. The Morgan fingerprint density at radius 2 is 2.32 bits per heavy atom. The molecule has 1 aromatic rings. The van der Waals surface area contributed by atoms with Crippen molar-refractivity contribution in [1.29, 1.82) is 0 Å². The van der Waals surface area contributed by atoms with Crippen LogP contribution >= 0.6 is 45.8 Å². The second kappa shape index (κ2) is 6.61. The molecule has 1 heterocycles. The van der Waals surface area contributed by atoms with E-state index in [2.05, 4.69) is 22.6 Å². The molecule has 0 radical (unpaired) electrons. The van der Waals surface area contributed by atoms with E-state index in [1.165, 1.54) is 0 Å². The van der Waals surface area contributed by atoms with Crippen molar-refractivity contribution in [3.63, 3.8) is 0 Å². The van der Waals surface area contributed by atoms with Crippen molar-refractivity contribution in [2.75, 3.05) is 19.0 Å². The molecule has 2 atom stereocenters. The molecule has 1 fully saturated rings. The molecular weight excluding hydrogens is 400 g/mol. The van der Waals surface area contributed by atoms with Crippen LogP contribution in [0.15, 0.2) is 18.2 Å². The summed E-state index contributed by atoms with van der Waals surface area (Å²) in [5.74, 6) is 0.376. The van der Waals surface area contributed by atoms with E-state index >= 15 is 0 Å². The van der Waals surface area contributed by atoms with Gasteiger partial charge in [0.1, 0.15) is 0 Å². The van der Waals surface area contributed by atoms with E-state index < -0.39 is 0 Å². The molecule has 1 aliphatic heterocycles. The SMILES string of the molecule is CC1COC(CCl)CN1C(=O)c1cc(Cl)ccc1I. The lowest BCUT2D eigenvalue weighted by molar-refractivity contribution is -0.0372. The zero-order valence-electron chi connectivity index (χ0n) is 10.4. The first-order valence-corrected chi connectivity index (χ1v) is 7.95. The Hall–Kier alpha value is -0.0400. The second-order valence-corrected chi connectivity index (χ2v) is 6.45. The zero-order chi connectivity index (χ0) is 14.0. The Labute approximate surface area is 136 Å². The molecule has 2 unspecified atom stereocenters. The molecule has 2 rings (SSSR count). The summed E-state index contributed by atoms with van der Waals surface area (Å²) in [6.45, 7) is 3.01. The lowest BCUT2D eigenvalue weighted by Crippen LogP contribution is -2.51. The number of benzene rings is 1. The van der Waals surface area contributed by atoms with Gasteiger partial charge >= 0.3 is 0 Å². The van der Waals surface area contributed by atoms with Gasteiger partial charge in [0.05, 0.1) is 30.2 Å². The maximum atomic E-state index is 12.6. The minimum Gasteiger partial charge on any atom is -0.373 e. The molecule has 3 nitrogen and oxygen atoms in total. The van der Waals surface area contributed by atoms with Crippen LogP contribution in [0.3, 0.4) is 0 Å². The molecule has 104 valence electrons. The first-order chi connectivity index (χ1) is 9.02. The Morgan fingerprint density at radius 1 is 1.58 bits per heavy atom. The van der Waals surface area contributed by atoms with Crippen molar-refractivity contribution < 1.29 is 9.53 Å². The summed E-state index contributed by atoms with van der Waals surface area (Å²) in [5.41, 5.74) is 0.634. The third kappa shape index (κ3) is 3.54. The standard InChI is InChI=1S/C13H14Cl2INO2/c1-8-7-19-10(5-14)6-17(8)13(18)11-4-9(15)2-3-12(11)16/h2-4,8,10H,5-7H2,1H3. The van der Waals surface area contributed by atoms with Gasteiger partial charge in [-0.25, -0.2) is 0 Å². The number of hydrogen-bond donors (Lipinski definition) is 0. The van der Waals surface area contributed by atoms with Crippen molar-refractivity contribution in [1.82, 2.24) is 4.90 Å². The van der Waals surface area contributed by atoms with Gasteiger partial charge in [-0.05, 0) is 47.7 Å². The minimum absolute atomic E-state index is 0.0159. The summed E-state index contributed by atoms with van der Waals surface area (Å²) in [4.78, 5) is 14.4. The van der Waals surface area contributed by atoms with E-state index in [0.29, 0.717) is 29.6 Å². The van der Waals surface area contributed by atoms with Crippen molar-refractivity contribution >= 4 is 51.7 Å². The highest BCUT2D eigenvalue weighted by Crippen LogP contribution is 2.22. The van der Waals surface area contributed by atoms with Crippen molar-refractivity contribution in [2.45, 2.75) is 19.1 Å². The first kappa shape index (κ1) is 15.4. The average molecular weight is 414 g/mol. The van der Waals surface area contributed by atoms with Crippen molar-refractivity contribution in [3.8, 4) is 0 Å². The van der Waals surface area contributed by atoms with Crippen LogP contribution in [0.1, 0.15) is 17.3 Å². The molecule has 0 aromatic heterocycles.